The number of nitrogens with one attached hydrogen (secondary N) is 2. The van der Waals surface area contributed by atoms with Crippen LogP contribution in [0.5, 0.6) is 0 Å². The van der Waals surface area contributed by atoms with E-state index in [1.54, 1.807) is 17.5 Å². The van der Waals surface area contributed by atoms with Crippen LogP contribution in [0.1, 0.15) is 12.7 Å². The number of imide groups is 1. The van der Waals surface area contributed by atoms with Crippen molar-refractivity contribution >= 4 is 34.4 Å². The zero-order chi connectivity index (χ0) is 16.1. The van der Waals surface area contributed by atoms with Crippen molar-refractivity contribution in [2.24, 2.45) is 16.5 Å². The molecule has 0 atom stereocenters. The highest BCUT2D eigenvalue weighted by Gasteiger charge is 2.10. The van der Waals surface area contributed by atoms with Crippen molar-refractivity contribution in [1.29, 1.82) is 0 Å². The molecule has 0 saturated heterocycles. The smallest absolute Gasteiger partial charge is 0.321 e. The quantitative estimate of drug-likeness (QED) is 0.480. The van der Waals surface area contributed by atoms with Gasteiger partial charge < -0.3 is 21.2 Å². The van der Waals surface area contributed by atoms with E-state index in [2.05, 4.69) is 20.6 Å². The molecule has 0 bridgehead atoms. The monoisotopic (exact) mass is 322 g/mol. The van der Waals surface area contributed by atoms with Crippen LogP contribution in [-0.2, 0) is 11.3 Å². The van der Waals surface area contributed by atoms with Gasteiger partial charge in [0.25, 0.3) is 0 Å². The third kappa shape index (κ3) is 4.31. The fraction of sp³-hybridized carbons (Fsp3) is 0.167. The third-order valence-electron chi connectivity index (χ3n) is 2.34. The lowest BCUT2D eigenvalue weighted by molar-refractivity contribution is -0.117. The van der Waals surface area contributed by atoms with Crippen molar-refractivity contribution in [1.82, 2.24) is 15.6 Å². The summed E-state index contributed by atoms with van der Waals surface area (Å²) >= 11 is 1.27. The molecule has 0 aliphatic carbocycles. The molecule has 2 rings (SSSR count). The number of furan rings is 1. The maximum atomic E-state index is 11.3. The Morgan fingerprint density at radius 3 is 2.86 bits per heavy atom. The van der Waals surface area contributed by atoms with Crippen LogP contribution in [-0.4, -0.2) is 22.9 Å². The van der Waals surface area contributed by atoms with Crippen LogP contribution in [0.25, 0.3) is 11.5 Å². The van der Waals surface area contributed by atoms with E-state index in [0.29, 0.717) is 22.3 Å². The molecular formula is C12H14N6O3S. The standard InChI is InChI=1S/C12H14N6O3S/c1-6(19)16-11(20)15-4-7-2-3-9(21-7)8-5-22-12(17-8)18-10(13)14/h2-3,5H,4H2,1H3,(H4,13,14,17,18)(H2,15,16,19,20). The Labute approximate surface area is 129 Å². The van der Waals surface area contributed by atoms with Gasteiger partial charge in [-0.1, -0.05) is 0 Å². The molecule has 0 aliphatic heterocycles. The summed E-state index contributed by atoms with van der Waals surface area (Å²) in [6, 6.07) is 2.83. The third-order valence-corrected chi connectivity index (χ3v) is 3.08. The van der Waals surface area contributed by atoms with E-state index in [1.165, 1.54) is 18.3 Å². The normalized spacial score (nSPS) is 10.0. The van der Waals surface area contributed by atoms with Crippen molar-refractivity contribution in [3.05, 3.63) is 23.3 Å². The molecule has 116 valence electrons. The lowest BCUT2D eigenvalue weighted by Crippen LogP contribution is -2.37. The predicted octanol–water partition coefficient (Wildman–Crippen LogP) is 0.654. The van der Waals surface area contributed by atoms with Gasteiger partial charge in [0.05, 0.1) is 6.54 Å². The highest BCUT2D eigenvalue weighted by molar-refractivity contribution is 7.13. The summed E-state index contributed by atoms with van der Waals surface area (Å²) in [6.07, 6.45) is 0. The summed E-state index contributed by atoms with van der Waals surface area (Å²) in [4.78, 5) is 30.0. The Bertz CT molecular complexity index is 716. The van der Waals surface area contributed by atoms with E-state index < -0.39 is 11.9 Å². The van der Waals surface area contributed by atoms with Crippen molar-refractivity contribution < 1.29 is 14.0 Å². The molecule has 6 N–H and O–H groups in total. The molecule has 2 heterocycles. The number of carbonyl (C=O) groups excluding carboxylic acids is 2. The van der Waals surface area contributed by atoms with Gasteiger partial charge in [-0.05, 0) is 12.1 Å². The maximum Gasteiger partial charge on any atom is 0.321 e. The van der Waals surface area contributed by atoms with Crippen LogP contribution >= 0.6 is 11.3 Å². The van der Waals surface area contributed by atoms with Crippen molar-refractivity contribution in [3.63, 3.8) is 0 Å². The average molecular weight is 322 g/mol. The number of rotatable bonds is 4. The number of nitrogens with zero attached hydrogens (tertiary/aromatic N) is 2. The van der Waals surface area contributed by atoms with Gasteiger partial charge >= 0.3 is 6.03 Å². The number of urea groups is 1. The number of carbonyl (C=O) groups is 2. The van der Waals surface area contributed by atoms with Crippen LogP contribution in [0.15, 0.2) is 26.9 Å². The minimum atomic E-state index is -0.589. The lowest BCUT2D eigenvalue weighted by Gasteiger charge is -2.02. The molecular weight excluding hydrogens is 308 g/mol. The largest absolute Gasteiger partial charge is 0.458 e. The molecule has 0 spiro atoms. The topological polar surface area (TPSA) is 149 Å². The van der Waals surface area contributed by atoms with Crippen molar-refractivity contribution in [3.8, 4) is 11.5 Å². The van der Waals surface area contributed by atoms with Gasteiger partial charge in [0.15, 0.2) is 11.7 Å². The summed E-state index contributed by atoms with van der Waals surface area (Å²) in [6.45, 7) is 1.39. The molecule has 2 aromatic rings. The van der Waals surface area contributed by atoms with Crippen molar-refractivity contribution in [2.45, 2.75) is 13.5 Å². The minimum absolute atomic E-state index is 0.0679. The lowest BCUT2D eigenvalue weighted by atomic mass is 10.3. The molecule has 0 fully saturated rings. The first-order valence-corrected chi connectivity index (χ1v) is 7.01. The summed E-state index contributed by atoms with van der Waals surface area (Å²) in [5.41, 5.74) is 11.1. The molecule has 22 heavy (non-hydrogen) atoms. The van der Waals surface area contributed by atoms with E-state index in [1.807, 2.05) is 0 Å². The Hall–Kier alpha value is -2.88. The second-order valence-electron chi connectivity index (χ2n) is 4.18. The molecule has 0 unspecified atom stereocenters. The Balaban J connectivity index is 1.99. The molecule has 2 aromatic heterocycles. The highest BCUT2D eigenvalue weighted by Crippen LogP contribution is 2.27. The molecule has 0 radical (unpaired) electrons. The fourth-order valence-corrected chi connectivity index (χ4v) is 2.22. The number of aromatic nitrogens is 1. The van der Waals surface area contributed by atoms with E-state index >= 15 is 0 Å². The average Bonchev–Trinajstić information content (AvgIpc) is 3.03. The second kappa shape index (κ2) is 6.72. The van der Waals surface area contributed by atoms with E-state index in [4.69, 9.17) is 15.9 Å². The number of hydrogen-bond donors (Lipinski definition) is 4. The second-order valence-corrected chi connectivity index (χ2v) is 5.02. The Morgan fingerprint density at radius 2 is 2.18 bits per heavy atom. The number of hydrogen-bond acceptors (Lipinski definition) is 6. The van der Waals surface area contributed by atoms with Gasteiger partial charge in [-0.3, -0.25) is 10.1 Å². The van der Waals surface area contributed by atoms with Gasteiger partial charge in [0.2, 0.25) is 11.0 Å². The summed E-state index contributed by atoms with van der Waals surface area (Å²) < 4.78 is 5.55. The van der Waals surface area contributed by atoms with Crippen LogP contribution in [0.2, 0.25) is 0 Å². The maximum absolute atomic E-state index is 11.3. The van der Waals surface area contributed by atoms with Gasteiger partial charge in [-0.25, -0.2) is 9.78 Å². The number of thiazole rings is 1. The number of nitrogens with two attached hydrogens (primary N) is 2. The summed E-state index contributed by atoms with van der Waals surface area (Å²) in [5.74, 6) is 0.538. The molecule has 0 aromatic carbocycles. The molecule has 9 nitrogen and oxygen atoms in total. The Kier molecular flexibility index (Phi) is 4.73. The first-order chi connectivity index (χ1) is 10.4. The summed E-state index contributed by atoms with van der Waals surface area (Å²) in [5, 5.41) is 6.76. The van der Waals surface area contributed by atoms with E-state index in [0.717, 1.165) is 0 Å². The van der Waals surface area contributed by atoms with Crippen LogP contribution in [0.4, 0.5) is 9.93 Å². The highest BCUT2D eigenvalue weighted by atomic mass is 32.1. The number of guanidine groups is 1. The number of aliphatic imine (C=N–C) groups is 1. The first kappa shape index (κ1) is 15.5. The molecule has 0 aliphatic rings. The zero-order valence-electron chi connectivity index (χ0n) is 11.6. The molecule has 10 heteroatoms. The zero-order valence-corrected chi connectivity index (χ0v) is 12.4. The van der Waals surface area contributed by atoms with Crippen LogP contribution in [0, 0.1) is 0 Å². The summed E-state index contributed by atoms with van der Waals surface area (Å²) in [7, 11) is 0. The van der Waals surface area contributed by atoms with Crippen LogP contribution < -0.4 is 22.1 Å². The minimum Gasteiger partial charge on any atom is -0.458 e. The van der Waals surface area contributed by atoms with Gasteiger partial charge in [0, 0.05) is 12.3 Å². The number of amides is 3. The predicted molar refractivity (Wildman–Crippen MR) is 81.3 cm³/mol. The molecule has 0 saturated carbocycles. The SMILES string of the molecule is CC(=O)NC(=O)NCc1ccc(-c2csc(N=C(N)N)n2)o1. The van der Waals surface area contributed by atoms with E-state index in [-0.39, 0.29) is 12.5 Å². The van der Waals surface area contributed by atoms with Gasteiger partial charge in [-0.15, -0.1) is 11.3 Å². The Morgan fingerprint density at radius 1 is 1.41 bits per heavy atom. The first-order valence-electron chi connectivity index (χ1n) is 6.13. The molecule has 3 amide bonds. The fourth-order valence-electron chi connectivity index (χ4n) is 1.52. The van der Waals surface area contributed by atoms with Crippen molar-refractivity contribution in [2.75, 3.05) is 0 Å². The van der Waals surface area contributed by atoms with Crippen LogP contribution in [0.3, 0.4) is 0 Å². The van der Waals surface area contributed by atoms with E-state index in [9.17, 15) is 9.59 Å². The van der Waals surface area contributed by atoms with Gasteiger partial charge in [-0.2, -0.15) is 4.99 Å². The van der Waals surface area contributed by atoms with Gasteiger partial charge in [0.1, 0.15) is 11.5 Å².